The molecule has 3 saturated heterocycles. The second-order valence-electron chi connectivity index (χ2n) is 36.9. The first-order valence-corrected chi connectivity index (χ1v) is 51.2. The number of primary amides is 2. The zero-order valence-electron chi connectivity index (χ0n) is 82.6. The molecule has 15 atom stereocenters. The third-order valence-electron chi connectivity index (χ3n) is 25.7. The number of aliphatic hydroxyl groups excluding tert-OH is 2. The van der Waals surface area contributed by atoms with E-state index in [0.29, 0.717) is 65.5 Å². The van der Waals surface area contributed by atoms with Gasteiger partial charge in [0.2, 0.25) is 94.5 Å². The molecule has 0 saturated carbocycles. The Balaban J connectivity index is 0.945. The smallest absolute Gasteiger partial charge is 0.317 e. The number of carbonyl (C=O) groups is 20. The number of carbonyl (C=O) groups excluding carboxylic acids is 16. The van der Waals surface area contributed by atoms with Crippen LogP contribution in [0.1, 0.15) is 101 Å². The summed E-state index contributed by atoms with van der Waals surface area (Å²) in [4.78, 5) is 303. The molecule has 52 heteroatoms. The molecular weight excluding hydrogens is 1980 g/mol. The second kappa shape index (κ2) is 57.0. The van der Waals surface area contributed by atoms with Crippen LogP contribution in [0, 0.1) is 5.92 Å². The summed E-state index contributed by atoms with van der Waals surface area (Å²) in [5.41, 5.74) is 14.5. The van der Waals surface area contributed by atoms with Gasteiger partial charge in [0.1, 0.15) is 78.5 Å². The number of imidazole rings is 1. The van der Waals surface area contributed by atoms with Crippen LogP contribution in [0.3, 0.4) is 0 Å². The van der Waals surface area contributed by atoms with Gasteiger partial charge in [-0.25, -0.2) is 4.98 Å². The molecule has 16 amide bonds. The molecule has 3 fully saturated rings. The van der Waals surface area contributed by atoms with Gasteiger partial charge in [-0.2, -0.15) is 0 Å². The van der Waals surface area contributed by atoms with Crippen LogP contribution in [-0.2, 0) is 122 Å². The number of aromatic amines is 3. The number of rotatable bonds is 42. The van der Waals surface area contributed by atoms with Gasteiger partial charge in [-0.3, -0.25) is 115 Å². The van der Waals surface area contributed by atoms with E-state index in [9.17, 15) is 93.0 Å². The molecule has 6 heterocycles. The summed E-state index contributed by atoms with van der Waals surface area (Å²) in [5.74, 6) is -24.5. The summed E-state index contributed by atoms with van der Waals surface area (Å²) >= 11 is 0. The third-order valence-corrected chi connectivity index (χ3v) is 28.1. The fourth-order valence-electron chi connectivity index (χ4n) is 17.5. The first-order chi connectivity index (χ1) is 71.1. The lowest BCUT2D eigenvalue weighted by molar-refractivity contribution is -0.143. The molecule has 7 aromatic rings. The zero-order valence-corrected chi connectivity index (χ0v) is 84.3. The van der Waals surface area contributed by atoms with Crippen LogP contribution in [0.4, 0.5) is 0 Å². The molecule has 806 valence electrons. The number of aromatic nitrogens is 4. The number of aliphatic hydroxyl groups is 2. The van der Waals surface area contributed by atoms with Crippen LogP contribution < -0.4 is 80.6 Å². The maximum atomic E-state index is 15.9. The molecule has 0 radical (unpaired) electrons. The molecule has 149 heavy (non-hydrogen) atoms. The number of nitrogens with one attached hydrogen (secondary N) is 16. The first kappa shape index (κ1) is 116. The number of H-pyrrole nitrogens is 3. The van der Waals surface area contributed by atoms with E-state index in [1.807, 2.05) is 0 Å². The Kier molecular flexibility index (Phi) is 44.5. The SMILES string of the molecule is CC[C@H](C)[C@H](NC(=O)[C@@H](NC(=O)[C@H](Cc1c[nH]c2ccccc12)NC(C)=O)[C@@H](C)O)C(=O)N[C@H]1CSSC[C@@H](C(=O)N[C@@H](Cc2c[nH]c3ccccc23)C(=O)N2CCC[C@H]2C(=O)N[C@H](CCCCNC(=O)CN2CCN(CC(=O)O)CCN(CC(=O)O)CCN(CC(=O)O)CC2)C(N)=O)NC(=O)[C@H](CC(=O)O)NC(=O)[C@H](Cc2cnc[nH]2)NC(=O)[C@H](Cc2ccc3ccccc3c2)NC(=O)[C@H](CC(N)=O)NC(=O)[C@H](CO)NC1=O. The fourth-order valence-corrected chi connectivity index (χ4v) is 19.8. The van der Waals surface area contributed by atoms with Crippen molar-refractivity contribution in [1.29, 1.82) is 0 Å². The number of nitrogens with two attached hydrogens (primary N) is 2. The number of carboxylic acid groups (broad SMARTS) is 4. The van der Waals surface area contributed by atoms with E-state index >= 15 is 33.6 Å². The largest absolute Gasteiger partial charge is 0.481 e. The number of carboxylic acids is 4. The molecule has 3 aromatic heterocycles. The van der Waals surface area contributed by atoms with Crippen molar-refractivity contribution in [1.82, 2.24) is 114 Å². The highest BCUT2D eigenvalue weighted by atomic mass is 33.1. The predicted octanol–water partition coefficient (Wildman–Crippen LogP) is -4.96. The van der Waals surface area contributed by atoms with Crippen molar-refractivity contribution < 1.29 is 127 Å². The molecule has 50 nitrogen and oxygen atoms in total. The summed E-state index contributed by atoms with van der Waals surface area (Å²) in [6, 6.07) is 2.85. The number of nitrogens with zero attached hydrogens (tertiary/aromatic N) is 6. The highest BCUT2D eigenvalue weighted by Gasteiger charge is 2.44. The molecule has 26 N–H and O–H groups in total. The van der Waals surface area contributed by atoms with E-state index < -0.39 is 253 Å². The van der Waals surface area contributed by atoms with Crippen molar-refractivity contribution >= 4 is 173 Å². The van der Waals surface area contributed by atoms with Crippen molar-refractivity contribution in [2.45, 2.75) is 189 Å². The normalized spacial score (nSPS) is 20.8. The Morgan fingerprint density at radius 3 is 1.56 bits per heavy atom. The molecule has 3 aliphatic rings. The second-order valence-corrected chi connectivity index (χ2v) is 39.5. The van der Waals surface area contributed by atoms with Crippen molar-refractivity contribution in [3.63, 3.8) is 0 Å². The Labute approximate surface area is 863 Å². The number of hydrogen-bond donors (Lipinski definition) is 24. The number of aliphatic carboxylic acids is 4. The van der Waals surface area contributed by atoms with Crippen LogP contribution >= 0.6 is 21.6 Å². The van der Waals surface area contributed by atoms with Crippen molar-refractivity contribution in [2.24, 2.45) is 17.4 Å². The molecule has 3 aliphatic heterocycles. The van der Waals surface area contributed by atoms with Gasteiger partial charge in [-0.15, -0.1) is 0 Å². The molecular formula is C97H130N24O26S2. The Morgan fingerprint density at radius 1 is 0.510 bits per heavy atom. The number of likely N-dealkylation sites (tertiary alicyclic amines) is 1. The number of hydrogen-bond acceptors (Lipinski definition) is 29. The predicted molar refractivity (Wildman–Crippen MR) is 541 cm³/mol. The van der Waals surface area contributed by atoms with E-state index in [1.165, 1.54) is 31.3 Å². The number of benzene rings is 4. The monoisotopic (exact) mass is 2110 g/mol. The Hall–Kier alpha value is -14.7. The minimum atomic E-state index is -2.19. The van der Waals surface area contributed by atoms with Gasteiger partial charge in [0.25, 0.3) is 0 Å². The summed E-state index contributed by atoms with van der Waals surface area (Å²) in [6.07, 6.45) is 0.947. The zero-order chi connectivity index (χ0) is 108. The Morgan fingerprint density at radius 2 is 1.02 bits per heavy atom. The van der Waals surface area contributed by atoms with Crippen LogP contribution in [0.25, 0.3) is 32.6 Å². The van der Waals surface area contributed by atoms with Gasteiger partial charge in [0.15, 0.2) is 0 Å². The maximum Gasteiger partial charge on any atom is 0.317 e. The fraction of sp³-hybridized carbons (Fsp3) is 0.495. The number of fused-ring (bicyclic) bond motifs is 3. The van der Waals surface area contributed by atoms with E-state index in [-0.39, 0.29) is 149 Å². The minimum absolute atomic E-state index is 0.00404. The molecule has 0 bridgehead atoms. The standard InChI is InChI=1S/C97H130N24O26S2/c1-5-53(2)83(115-96(146)84(54(3)123)116-90(140)68(105-55(4)124)37-59-42-102-64-19-10-8-17-62(59)64)95(145)114-75-51-149-148-50-74(113-89(139)71(41-79(127)128)110-87(137)69(39-61-44-100-52-104-61)108-86(136)67(36-56-23-24-57-15-6-7-16-58(57)35-56)107-88(138)70(40-77(98)125)109-91(141)73(49-122)112-93(75)143)92(142)111-72(38-60-43-103-65-20-11-9-18-63(60)65)97(147)121-26-14-22-76(121)94(144)106-66(85(99)135)21-12-13-25-101-78(126)45-117-27-29-118(46-80(129)130)31-33-120(48-82(133)134)34-32-119(30-28-117)47-81(131)132/h6-11,15-20,23-24,35,42-44,52-54,66-76,83-84,102-103,122-123H,5,12-14,21-22,25-34,36-41,45-51H2,1-4H3,(H2,98,125)(H2,99,135)(H,100,104)(H,101,126)(H,105,124)(H,106,144)(H,107,138)(H,108,136)(H,109,141)(H,110,137)(H,111,142)(H,112,143)(H,113,139)(H,114,145)(H,115,146)(H,116,140)(H,127,128)(H,129,130)(H,131,132)(H,133,134)/t53-,54+,66+,67-,68-,69-,70-,71-,72-,73-,74-,75-,76-,83-,84-/m0/s1. The lowest BCUT2D eigenvalue weighted by atomic mass is 9.97. The average Bonchev–Trinajstić information content (AvgIpc) is 1.74. The van der Waals surface area contributed by atoms with Crippen molar-refractivity contribution in [3.05, 3.63) is 138 Å². The van der Waals surface area contributed by atoms with Gasteiger partial charge in [0.05, 0.1) is 58.1 Å². The highest BCUT2D eigenvalue weighted by Crippen LogP contribution is 2.29. The number of para-hydroxylation sites is 2. The molecule has 0 aliphatic carbocycles. The van der Waals surface area contributed by atoms with Crippen LogP contribution in [0.15, 0.2) is 116 Å². The van der Waals surface area contributed by atoms with Crippen molar-refractivity contribution in [2.75, 3.05) is 110 Å². The molecule has 10 rings (SSSR count). The average molecular weight is 2110 g/mol. The Bertz CT molecular complexity index is 5900. The quantitative estimate of drug-likeness (QED) is 0.0126. The van der Waals surface area contributed by atoms with Gasteiger partial charge in [-0.05, 0) is 84.5 Å². The lowest BCUT2D eigenvalue weighted by Crippen LogP contribution is -2.63. The highest BCUT2D eigenvalue weighted by molar-refractivity contribution is 8.76. The summed E-state index contributed by atoms with van der Waals surface area (Å²) in [7, 11) is 1.36. The minimum Gasteiger partial charge on any atom is -0.481 e. The van der Waals surface area contributed by atoms with E-state index in [2.05, 4.69) is 89.1 Å². The first-order valence-electron chi connectivity index (χ1n) is 48.7. The van der Waals surface area contributed by atoms with Crippen LogP contribution in [0.5, 0.6) is 0 Å². The summed E-state index contributed by atoms with van der Waals surface area (Å²) < 4.78 is 0. The maximum absolute atomic E-state index is 15.9. The third kappa shape index (κ3) is 35.8. The molecule has 0 spiro atoms. The topological polar surface area (TPSA) is 748 Å². The van der Waals surface area contributed by atoms with Crippen LogP contribution in [0.2, 0.25) is 0 Å². The molecule has 4 aromatic carbocycles. The number of amides is 16. The van der Waals surface area contributed by atoms with E-state index in [1.54, 1.807) is 130 Å². The van der Waals surface area contributed by atoms with Gasteiger partial charge in [0, 0.05) is 156 Å². The number of unbranched alkanes of at least 4 members (excludes halogenated alkanes) is 1. The summed E-state index contributed by atoms with van der Waals surface area (Å²) in [5, 5.41) is 97.7. The van der Waals surface area contributed by atoms with E-state index in [4.69, 9.17) is 11.5 Å². The van der Waals surface area contributed by atoms with E-state index in [0.717, 1.165) is 12.3 Å². The summed E-state index contributed by atoms with van der Waals surface area (Å²) in [6.45, 7) is 4.03. The van der Waals surface area contributed by atoms with Gasteiger partial charge in [-0.1, -0.05) is 121 Å². The van der Waals surface area contributed by atoms with Gasteiger partial charge >= 0.3 is 23.9 Å². The van der Waals surface area contributed by atoms with Crippen molar-refractivity contribution in [3.8, 4) is 0 Å². The molecule has 0 unspecified atom stereocenters. The van der Waals surface area contributed by atoms with Crippen LogP contribution in [-0.4, -0.2) is 388 Å². The lowest BCUT2D eigenvalue weighted by Gasteiger charge is -2.32. The van der Waals surface area contributed by atoms with Gasteiger partial charge < -0.3 is 131 Å².